The highest BCUT2D eigenvalue weighted by molar-refractivity contribution is 5.52. The van der Waals surface area contributed by atoms with E-state index in [0.29, 0.717) is 6.61 Å². The predicted molar refractivity (Wildman–Crippen MR) is 87.0 cm³/mol. The van der Waals surface area contributed by atoms with Crippen LogP contribution < -0.4 is 0 Å². The summed E-state index contributed by atoms with van der Waals surface area (Å²) >= 11 is 0. The Labute approximate surface area is 126 Å². The number of aliphatic hydroxyl groups excluding tert-OH is 1. The lowest BCUT2D eigenvalue weighted by atomic mass is 10.0. The Morgan fingerprint density at radius 1 is 0.700 bits per heavy atom. The second kappa shape index (κ2) is 16.7. The van der Waals surface area contributed by atoms with E-state index in [1.54, 1.807) is 0 Å². The van der Waals surface area contributed by atoms with Gasteiger partial charge in [0.25, 0.3) is 0 Å². The van der Waals surface area contributed by atoms with Crippen LogP contribution in [0.5, 0.6) is 0 Å². The Morgan fingerprint density at radius 3 is 1.40 bits per heavy atom. The summed E-state index contributed by atoms with van der Waals surface area (Å²) in [6.45, 7) is 2.37. The zero-order valence-electron chi connectivity index (χ0n) is 13.6. The lowest BCUT2D eigenvalue weighted by Crippen LogP contribution is -1.94. The van der Waals surface area contributed by atoms with E-state index < -0.39 is 0 Å². The van der Waals surface area contributed by atoms with Crippen LogP contribution in [-0.2, 0) is 4.79 Å². The molecular formula is C18H36O2. The van der Waals surface area contributed by atoms with Gasteiger partial charge in [0.05, 0.1) is 0 Å². The van der Waals surface area contributed by atoms with Crippen LogP contribution in [0.2, 0.25) is 0 Å². The smallest absolute Gasteiger partial charge is 0.122 e. The van der Waals surface area contributed by atoms with Gasteiger partial charge in [-0.15, -0.1) is 0 Å². The third-order valence-corrected chi connectivity index (χ3v) is 4.05. The number of hydrogen-bond donors (Lipinski definition) is 1. The summed E-state index contributed by atoms with van der Waals surface area (Å²) in [5, 5.41) is 8.67. The maximum absolute atomic E-state index is 10.5. The van der Waals surface area contributed by atoms with Crippen molar-refractivity contribution < 1.29 is 9.90 Å². The van der Waals surface area contributed by atoms with Crippen molar-refractivity contribution in [1.82, 2.24) is 0 Å². The van der Waals surface area contributed by atoms with E-state index in [4.69, 9.17) is 5.11 Å². The van der Waals surface area contributed by atoms with Gasteiger partial charge in [0.1, 0.15) is 6.29 Å². The van der Waals surface area contributed by atoms with Crippen molar-refractivity contribution in [3.8, 4) is 0 Å². The number of carbonyl (C=O) groups is 1. The first kappa shape index (κ1) is 19.6. The Hall–Kier alpha value is -0.370. The molecule has 0 aliphatic rings. The second-order valence-corrected chi connectivity index (χ2v) is 6.22. The fourth-order valence-corrected chi connectivity index (χ4v) is 2.59. The van der Waals surface area contributed by atoms with Crippen molar-refractivity contribution in [2.45, 2.75) is 96.8 Å². The minimum Gasteiger partial charge on any atom is -0.396 e. The summed E-state index contributed by atoms with van der Waals surface area (Å²) in [5.41, 5.74) is 0. The fraction of sp³-hybridized carbons (Fsp3) is 0.944. The molecule has 1 N–H and O–H groups in total. The van der Waals surface area contributed by atoms with Crippen LogP contribution in [-0.4, -0.2) is 18.0 Å². The standard InChI is InChI=1S/C18H36O2/c1-18(17-20)15-13-11-9-7-5-3-2-4-6-8-10-12-14-16-19/h17-19H,2-16H2,1H3. The molecule has 0 heterocycles. The van der Waals surface area contributed by atoms with Gasteiger partial charge in [0.15, 0.2) is 0 Å². The minimum atomic E-state index is 0.257. The van der Waals surface area contributed by atoms with Crippen molar-refractivity contribution in [2.75, 3.05) is 6.61 Å². The van der Waals surface area contributed by atoms with E-state index in [9.17, 15) is 4.79 Å². The van der Waals surface area contributed by atoms with Gasteiger partial charge < -0.3 is 9.90 Å². The van der Waals surface area contributed by atoms with Crippen molar-refractivity contribution in [3.63, 3.8) is 0 Å². The van der Waals surface area contributed by atoms with Crippen molar-refractivity contribution >= 4 is 6.29 Å². The summed E-state index contributed by atoms with van der Waals surface area (Å²) < 4.78 is 0. The summed E-state index contributed by atoms with van der Waals surface area (Å²) in [6, 6.07) is 0. The molecule has 0 radical (unpaired) electrons. The molecule has 0 aromatic heterocycles. The maximum Gasteiger partial charge on any atom is 0.122 e. The first-order valence-electron chi connectivity index (χ1n) is 8.87. The predicted octanol–water partition coefficient (Wildman–Crippen LogP) is 5.28. The average molecular weight is 284 g/mol. The topological polar surface area (TPSA) is 37.3 Å². The highest BCUT2D eigenvalue weighted by Crippen LogP contribution is 2.13. The van der Waals surface area contributed by atoms with Crippen molar-refractivity contribution in [2.24, 2.45) is 5.92 Å². The van der Waals surface area contributed by atoms with E-state index in [1.165, 1.54) is 77.0 Å². The van der Waals surface area contributed by atoms with Gasteiger partial charge >= 0.3 is 0 Å². The molecule has 0 bridgehead atoms. The van der Waals surface area contributed by atoms with E-state index in [-0.39, 0.29) is 5.92 Å². The van der Waals surface area contributed by atoms with Gasteiger partial charge in [-0.05, 0) is 12.8 Å². The molecule has 0 fully saturated rings. The largest absolute Gasteiger partial charge is 0.396 e. The molecule has 0 aromatic carbocycles. The quantitative estimate of drug-likeness (QED) is 0.309. The number of aldehydes is 1. The monoisotopic (exact) mass is 284 g/mol. The Balaban J connectivity index is 2.97. The van der Waals surface area contributed by atoms with Crippen LogP contribution in [0.3, 0.4) is 0 Å². The molecule has 120 valence electrons. The number of hydrogen-bond acceptors (Lipinski definition) is 2. The molecule has 20 heavy (non-hydrogen) atoms. The average Bonchev–Trinajstić information content (AvgIpc) is 2.47. The number of rotatable bonds is 16. The lowest BCUT2D eigenvalue weighted by molar-refractivity contribution is -0.110. The molecular weight excluding hydrogens is 248 g/mol. The third-order valence-electron chi connectivity index (χ3n) is 4.05. The van der Waals surface area contributed by atoms with Crippen molar-refractivity contribution in [3.05, 3.63) is 0 Å². The van der Waals surface area contributed by atoms with Crippen LogP contribution in [0.1, 0.15) is 96.8 Å². The molecule has 0 spiro atoms. The molecule has 1 atom stereocenters. The minimum absolute atomic E-state index is 0.257. The highest BCUT2D eigenvalue weighted by Gasteiger charge is 1.98. The van der Waals surface area contributed by atoms with E-state index >= 15 is 0 Å². The van der Waals surface area contributed by atoms with Crippen LogP contribution in [0.25, 0.3) is 0 Å². The summed E-state index contributed by atoms with van der Waals surface area (Å²) in [7, 11) is 0. The Kier molecular flexibility index (Phi) is 16.4. The van der Waals surface area contributed by atoms with E-state index in [2.05, 4.69) is 0 Å². The Morgan fingerprint density at radius 2 is 1.05 bits per heavy atom. The van der Waals surface area contributed by atoms with Crippen LogP contribution in [0.4, 0.5) is 0 Å². The summed E-state index contributed by atoms with van der Waals surface area (Å²) in [6.07, 6.45) is 19.1. The number of aliphatic hydroxyl groups is 1. The molecule has 0 aliphatic carbocycles. The maximum atomic E-state index is 10.5. The molecule has 0 amide bonds. The van der Waals surface area contributed by atoms with E-state index in [0.717, 1.165) is 19.1 Å². The van der Waals surface area contributed by atoms with Gasteiger partial charge in [-0.3, -0.25) is 0 Å². The second-order valence-electron chi connectivity index (χ2n) is 6.22. The third kappa shape index (κ3) is 15.7. The van der Waals surface area contributed by atoms with Gasteiger partial charge in [-0.1, -0.05) is 84.0 Å². The first-order valence-corrected chi connectivity index (χ1v) is 8.87. The molecule has 2 heteroatoms. The van der Waals surface area contributed by atoms with Gasteiger partial charge in [0.2, 0.25) is 0 Å². The molecule has 0 saturated carbocycles. The van der Waals surface area contributed by atoms with Crippen LogP contribution in [0.15, 0.2) is 0 Å². The molecule has 0 aromatic rings. The Bertz CT molecular complexity index is 192. The fourth-order valence-electron chi connectivity index (χ4n) is 2.59. The van der Waals surface area contributed by atoms with Gasteiger partial charge in [0, 0.05) is 12.5 Å². The van der Waals surface area contributed by atoms with Gasteiger partial charge in [-0.25, -0.2) is 0 Å². The number of carbonyl (C=O) groups excluding carboxylic acids is 1. The first-order chi connectivity index (χ1) is 9.81. The summed E-state index contributed by atoms with van der Waals surface area (Å²) in [5.74, 6) is 0.257. The lowest BCUT2D eigenvalue weighted by Gasteiger charge is -2.04. The molecule has 0 saturated heterocycles. The SMILES string of the molecule is CC(C=O)CCCCCCCCCCCCCCCO. The molecule has 0 rings (SSSR count). The molecule has 0 aliphatic heterocycles. The summed E-state index contributed by atoms with van der Waals surface area (Å²) in [4.78, 5) is 10.5. The molecule has 1 unspecified atom stereocenters. The van der Waals surface area contributed by atoms with Crippen LogP contribution >= 0.6 is 0 Å². The zero-order valence-corrected chi connectivity index (χ0v) is 13.6. The normalized spacial score (nSPS) is 12.5. The highest BCUT2D eigenvalue weighted by atomic mass is 16.2. The molecule has 2 nitrogen and oxygen atoms in total. The van der Waals surface area contributed by atoms with Crippen molar-refractivity contribution in [1.29, 1.82) is 0 Å². The zero-order chi connectivity index (χ0) is 14.9. The van der Waals surface area contributed by atoms with E-state index in [1.807, 2.05) is 6.92 Å². The van der Waals surface area contributed by atoms with Crippen LogP contribution in [0, 0.1) is 5.92 Å². The number of unbranched alkanes of at least 4 members (excludes halogenated alkanes) is 12. The van der Waals surface area contributed by atoms with Gasteiger partial charge in [-0.2, -0.15) is 0 Å².